The van der Waals surface area contributed by atoms with Crippen molar-refractivity contribution >= 4 is 15.7 Å². The SMILES string of the molecule is CN1c2ccc(-c3ccccc3)cc2[C@@H]2[C@@H](CCN2S(=O)(=O)c2ccccc2F)[C@H]1CO. The molecule has 1 saturated heterocycles. The summed E-state index contributed by atoms with van der Waals surface area (Å²) in [6.45, 7) is 0.205. The summed E-state index contributed by atoms with van der Waals surface area (Å²) in [4.78, 5) is 1.74. The topological polar surface area (TPSA) is 60.9 Å². The van der Waals surface area contributed by atoms with Crippen LogP contribution in [0.25, 0.3) is 11.1 Å². The van der Waals surface area contributed by atoms with Gasteiger partial charge in [0.25, 0.3) is 0 Å². The second kappa shape index (κ2) is 7.99. The van der Waals surface area contributed by atoms with Crippen molar-refractivity contribution < 1.29 is 17.9 Å². The third kappa shape index (κ3) is 3.23. The summed E-state index contributed by atoms with van der Waals surface area (Å²) in [7, 11) is -2.11. The zero-order valence-corrected chi connectivity index (χ0v) is 18.5. The summed E-state index contributed by atoms with van der Waals surface area (Å²) in [6.07, 6.45) is 0.600. The maximum absolute atomic E-state index is 14.5. The molecule has 32 heavy (non-hydrogen) atoms. The van der Waals surface area contributed by atoms with Gasteiger partial charge in [0.15, 0.2) is 0 Å². The minimum absolute atomic E-state index is 0.0782. The van der Waals surface area contributed by atoms with Crippen LogP contribution < -0.4 is 4.90 Å². The molecule has 5 rings (SSSR count). The lowest BCUT2D eigenvalue weighted by atomic mass is 9.81. The Bertz CT molecular complexity index is 1250. The maximum atomic E-state index is 14.5. The zero-order chi connectivity index (χ0) is 22.5. The molecule has 3 aromatic carbocycles. The van der Waals surface area contributed by atoms with E-state index >= 15 is 0 Å². The van der Waals surface area contributed by atoms with E-state index in [0.29, 0.717) is 6.42 Å². The molecule has 7 heteroatoms. The van der Waals surface area contributed by atoms with E-state index in [0.717, 1.165) is 22.4 Å². The molecule has 0 unspecified atom stereocenters. The Labute approximate surface area is 187 Å². The van der Waals surface area contributed by atoms with E-state index in [2.05, 4.69) is 0 Å². The summed E-state index contributed by atoms with van der Waals surface area (Å²) >= 11 is 0. The molecule has 5 nitrogen and oxygen atoms in total. The van der Waals surface area contributed by atoms with Gasteiger partial charge >= 0.3 is 0 Å². The molecular weight excluding hydrogens is 427 g/mol. The van der Waals surface area contributed by atoms with Gasteiger partial charge in [-0.2, -0.15) is 4.31 Å². The maximum Gasteiger partial charge on any atom is 0.246 e. The minimum atomic E-state index is -4.05. The van der Waals surface area contributed by atoms with Gasteiger partial charge in [0.2, 0.25) is 10.0 Å². The number of aliphatic hydroxyl groups excluding tert-OH is 1. The molecule has 0 radical (unpaired) electrons. The number of halogens is 1. The Morgan fingerprint density at radius 3 is 2.44 bits per heavy atom. The van der Waals surface area contributed by atoms with E-state index in [1.165, 1.54) is 28.6 Å². The van der Waals surface area contributed by atoms with E-state index in [4.69, 9.17) is 0 Å². The molecule has 0 bridgehead atoms. The van der Waals surface area contributed by atoms with E-state index in [1.54, 1.807) is 0 Å². The van der Waals surface area contributed by atoms with Crippen LogP contribution in [0, 0.1) is 11.7 Å². The molecular formula is C25H25FN2O3S. The molecule has 0 saturated carbocycles. The van der Waals surface area contributed by atoms with Crippen molar-refractivity contribution in [3.63, 3.8) is 0 Å². The molecule has 166 valence electrons. The predicted octanol–water partition coefficient (Wildman–Crippen LogP) is 4.06. The molecule has 2 aliphatic heterocycles. The number of benzene rings is 3. The van der Waals surface area contributed by atoms with Crippen LogP contribution in [0.2, 0.25) is 0 Å². The van der Waals surface area contributed by atoms with Crippen LogP contribution in [-0.2, 0) is 10.0 Å². The molecule has 0 amide bonds. The normalized spacial score (nSPS) is 23.1. The first-order valence-electron chi connectivity index (χ1n) is 10.7. The molecule has 3 aromatic rings. The van der Waals surface area contributed by atoms with Gasteiger partial charge in [0.05, 0.1) is 18.7 Å². The number of likely N-dealkylation sites (N-methyl/N-ethyl adjacent to an activating group) is 1. The number of hydrogen-bond acceptors (Lipinski definition) is 4. The fourth-order valence-corrected chi connectivity index (χ4v) is 7.00. The van der Waals surface area contributed by atoms with Gasteiger partial charge in [0, 0.05) is 25.2 Å². The lowest BCUT2D eigenvalue weighted by Gasteiger charge is -2.44. The second-order valence-electron chi connectivity index (χ2n) is 8.44. The average Bonchev–Trinajstić information content (AvgIpc) is 3.26. The first-order chi connectivity index (χ1) is 15.4. The van der Waals surface area contributed by atoms with E-state index < -0.39 is 21.9 Å². The van der Waals surface area contributed by atoms with E-state index in [1.807, 2.05) is 60.5 Å². The van der Waals surface area contributed by atoms with E-state index in [9.17, 15) is 17.9 Å². The van der Waals surface area contributed by atoms with Crippen LogP contribution in [-0.4, -0.2) is 44.1 Å². The number of aliphatic hydroxyl groups is 1. The number of anilines is 1. The highest BCUT2D eigenvalue weighted by atomic mass is 32.2. The molecule has 2 aliphatic rings. The van der Waals surface area contributed by atoms with Gasteiger partial charge in [-0.05, 0) is 47.4 Å². The van der Waals surface area contributed by atoms with Crippen LogP contribution in [0.4, 0.5) is 10.1 Å². The second-order valence-corrected chi connectivity index (χ2v) is 10.3. The first kappa shape index (κ1) is 21.1. The van der Waals surface area contributed by atoms with Crippen molar-refractivity contribution in [1.82, 2.24) is 4.31 Å². The zero-order valence-electron chi connectivity index (χ0n) is 17.7. The summed E-state index contributed by atoms with van der Waals surface area (Å²) in [5.74, 6) is -0.842. The van der Waals surface area contributed by atoms with Crippen molar-refractivity contribution in [2.45, 2.75) is 23.4 Å². The van der Waals surface area contributed by atoms with Crippen molar-refractivity contribution in [2.24, 2.45) is 5.92 Å². The number of sulfonamides is 1. The van der Waals surface area contributed by atoms with Crippen LogP contribution >= 0.6 is 0 Å². The Morgan fingerprint density at radius 2 is 1.72 bits per heavy atom. The highest BCUT2D eigenvalue weighted by molar-refractivity contribution is 7.89. The van der Waals surface area contributed by atoms with Gasteiger partial charge in [-0.15, -0.1) is 0 Å². The molecule has 0 aromatic heterocycles. The largest absolute Gasteiger partial charge is 0.394 e. The third-order valence-electron chi connectivity index (χ3n) is 6.83. The lowest BCUT2D eigenvalue weighted by molar-refractivity contribution is 0.193. The van der Waals surface area contributed by atoms with Gasteiger partial charge in [0.1, 0.15) is 10.7 Å². The first-order valence-corrected chi connectivity index (χ1v) is 12.2. The van der Waals surface area contributed by atoms with Crippen LogP contribution in [0.15, 0.2) is 77.7 Å². The third-order valence-corrected chi connectivity index (χ3v) is 8.75. The molecule has 1 fully saturated rings. The minimum Gasteiger partial charge on any atom is -0.394 e. The molecule has 0 spiro atoms. The van der Waals surface area contributed by atoms with Crippen molar-refractivity contribution in [2.75, 3.05) is 25.1 Å². The average molecular weight is 453 g/mol. The number of fused-ring (bicyclic) bond motifs is 3. The number of rotatable bonds is 4. The van der Waals surface area contributed by atoms with Crippen molar-refractivity contribution in [1.29, 1.82) is 0 Å². The summed E-state index contributed by atoms with van der Waals surface area (Å²) in [5, 5.41) is 10.1. The lowest BCUT2D eigenvalue weighted by Crippen LogP contribution is -2.48. The highest BCUT2D eigenvalue weighted by Crippen LogP contribution is 2.51. The van der Waals surface area contributed by atoms with Crippen LogP contribution in [0.3, 0.4) is 0 Å². The smallest absolute Gasteiger partial charge is 0.246 e. The fourth-order valence-electron chi connectivity index (χ4n) is 5.27. The molecule has 2 heterocycles. The standard InChI is InChI=1S/C25H25FN2O3S/c1-27-22-12-11-18(17-7-3-2-4-8-17)15-20(22)25-19(23(27)16-29)13-14-28(25)32(30,31)24-10-6-5-9-21(24)26/h2-12,15,19,23,25,29H,13-14,16H2,1H3/t19-,23+,25-/m0/s1. The molecule has 1 N–H and O–H groups in total. The van der Waals surface area contributed by atoms with Crippen LogP contribution in [0.1, 0.15) is 18.0 Å². The summed E-state index contributed by atoms with van der Waals surface area (Å²) in [6, 6.07) is 20.8. The number of hydrogen-bond donors (Lipinski definition) is 1. The van der Waals surface area contributed by atoms with Gasteiger partial charge in [-0.3, -0.25) is 0 Å². The molecule has 3 atom stereocenters. The van der Waals surface area contributed by atoms with Crippen LogP contribution in [0.5, 0.6) is 0 Å². The summed E-state index contributed by atoms with van der Waals surface area (Å²) < 4.78 is 43.0. The van der Waals surface area contributed by atoms with Gasteiger partial charge in [-0.1, -0.05) is 48.5 Å². The Morgan fingerprint density at radius 1 is 1.00 bits per heavy atom. The Hall–Kier alpha value is -2.74. The quantitative estimate of drug-likeness (QED) is 0.649. The Kier molecular flexibility index (Phi) is 5.28. The predicted molar refractivity (Wildman–Crippen MR) is 122 cm³/mol. The fraction of sp³-hybridized carbons (Fsp3) is 0.280. The Balaban J connectivity index is 1.66. The summed E-state index contributed by atoms with van der Waals surface area (Å²) in [5.41, 5.74) is 3.82. The molecule has 0 aliphatic carbocycles. The van der Waals surface area contributed by atoms with Crippen molar-refractivity contribution in [3.8, 4) is 11.1 Å². The van der Waals surface area contributed by atoms with E-state index in [-0.39, 0.29) is 30.0 Å². The number of nitrogens with zero attached hydrogens (tertiary/aromatic N) is 2. The van der Waals surface area contributed by atoms with Gasteiger partial charge in [-0.25, -0.2) is 12.8 Å². The monoisotopic (exact) mass is 452 g/mol. The van der Waals surface area contributed by atoms with Gasteiger partial charge < -0.3 is 10.0 Å². The highest BCUT2D eigenvalue weighted by Gasteiger charge is 2.50. The van der Waals surface area contributed by atoms with Crippen molar-refractivity contribution in [3.05, 3.63) is 84.2 Å².